The van der Waals surface area contributed by atoms with Crippen molar-refractivity contribution in [1.29, 1.82) is 0 Å². The molecule has 2 aromatic carbocycles. The van der Waals surface area contributed by atoms with E-state index in [1.165, 1.54) is 11.8 Å². The van der Waals surface area contributed by atoms with Crippen molar-refractivity contribution >= 4 is 29.3 Å². The molecule has 0 fully saturated rings. The number of benzene rings is 2. The van der Waals surface area contributed by atoms with Gasteiger partial charge in [0.15, 0.2) is 0 Å². The summed E-state index contributed by atoms with van der Waals surface area (Å²) in [6, 6.07) is 15.5. The van der Waals surface area contributed by atoms with Crippen LogP contribution in [0.4, 0.5) is 17.6 Å². The van der Waals surface area contributed by atoms with Crippen molar-refractivity contribution in [2.24, 2.45) is 0 Å². The first-order chi connectivity index (χ1) is 15.2. The SMILES string of the molecule is CCc1ccccc1Nc1nc(N)nc(CSc2nnnn2-c2ccc(OC)cc2)n1. The average Bonchev–Trinajstić information content (AvgIpc) is 3.26. The molecule has 11 heteroatoms. The lowest BCUT2D eigenvalue weighted by Crippen LogP contribution is -2.07. The molecule has 0 radical (unpaired) electrons. The number of hydrogen-bond acceptors (Lipinski definition) is 10. The quantitative estimate of drug-likeness (QED) is 0.398. The Morgan fingerprint density at radius 3 is 2.65 bits per heavy atom. The highest BCUT2D eigenvalue weighted by molar-refractivity contribution is 7.98. The number of methoxy groups -OCH3 is 1. The van der Waals surface area contributed by atoms with Crippen molar-refractivity contribution in [3.63, 3.8) is 0 Å². The second-order valence-corrected chi connectivity index (χ2v) is 7.37. The van der Waals surface area contributed by atoms with Crippen molar-refractivity contribution in [2.75, 3.05) is 18.2 Å². The Balaban J connectivity index is 1.50. The van der Waals surface area contributed by atoms with Gasteiger partial charge in [0.2, 0.25) is 17.1 Å². The predicted octanol–water partition coefficient (Wildman–Crippen LogP) is 3.04. The first kappa shape index (κ1) is 20.5. The van der Waals surface area contributed by atoms with Crippen molar-refractivity contribution in [3.05, 3.63) is 59.9 Å². The number of thioether (sulfide) groups is 1. The maximum absolute atomic E-state index is 5.91. The van der Waals surface area contributed by atoms with Crippen LogP contribution in [0.5, 0.6) is 5.75 Å². The molecule has 0 aliphatic heterocycles. The van der Waals surface area contributed by atoms with Gasteiger partial charge in [0.25, 0.3) is 0 Å². The van der Waals surface area contributed by atoms with Crippen LogP contribution in [0.3, 0.4) is 0 Å². The molecule has 4 aromatic rings. The Hall–Kier alpha value is -3.73. The number of nitrogen functional groups attached to an aromatic ring is 1. The number of nitrogens with two attached hydrogens (primary N) is 1. The van der Waals surface area contributed by atoms with Crippen LogP contribution in [-0.4, -0.2) is 42.3 Å². The van der Waals surface area contributed by atoms with Gasteiger partial charge in [-0.1, -0.05) is 36.9 Å². The number of nitrogens with one attached hydrogen (secondary N) is 1. The summed E-state index contributed by atoms with van der Waals surface area (Å²) in [5.41, 5.74) is 8.84. The minimum atomic E-state index is 0.150. The molecule has 0 unspecified atom stereocenters. The molecule has 0 saturated carbocycles. The largest absolute Gasteiger partial charge is 0.497 e. The third-order valence-electron chi connectivity index (χ3n) is 4.43. The molecule has 2 aromatic heterocycles. The van der Waals surface area contributed by atoms with E-state index in [4.69, 9.17) is 10.5 Å². The molecule has 3 N–H and O–H groups in total. The van der Waals surface area contributed by atoms with Crippen molar-refractivity contribution in [2.45, 2.75) is 24.3 Å². The minimum Gasteiger partial charge on any atom is -0.497 e. The molecule has 0 aliphatic carbocycles. The summed E-state index contributed by atoms with van der Waals surface area (Å²) in [6.07, 6.45) is 0.889. The molecular formula is C20H21N9OS. The third-order valence-corrected chi connectivity index (χ3v) is 5.35. The molecule has 0 spiro atoms. The van der Waals surface area contributed by atoms with Gasteiger partial charge >= 0.3 is 0 Å². The molecule has 4 rings (SSSR count). The number of aryl methyl sites for hydroxylation is 1. The van der Waals surface area contributed by atoms with Crippen LogP contribution in [0, 0.1) is 0 Å². The Labute approximate surface area is 183 Å². The smallest absolute Gasteiger partial charge is 0.232 e. The van der Waals surface area contributed by atoms with Gasteiger partial charge < -0.3 is 15.8 Å². The first-order valence-corrected chi connectivity index (χ1v) is 10.6. The van der Waals surface area contributed by atoms with E-state index >= 15 is 0 Å². The number of hydrogen-bond donors (Lipinski definition) is 2. The van der Waals surface area contributed by atoms with E-state index in [0.29, 0.717) is 22.7 Å². The lowest BCUT2D eigenvalue weighted by atomic mass is 10.1. The molecule has 158 valence electrons. The summed E-state index contributed by atoms with van der Waals surface area (Å²) in [5.74, 6) is 2.26. The number of ether oxygens (including phenoxy) is 1. The van der Waals surface area contributed by atoms with E-state index in [0.717, 1.165) is 29.1 Å². The fraction of sp³-hybridized carbons (Fsp3) is 0.200. The number of anilines is 3. The van der Waals surface area contributed by atoms with Gasteiger partial charge in [0, 0.05) is 5.69 Å². The zero-order chi connectivity index (χ0) is 21.6. The lowest BCUT2D eigenvalue weighted by Gasteiger charge is -2.10. The predicted molar refractivity (Wildman–Crippen MR) is 119 cm³/mol. The van der Waals surface area contributed by atoms with Crippen LogP contribution in [0.15, 0.2) is 53.7 Å². The summed E-state index contributed by atoms with van der Waals surface area (Å²) in [6.45, 7) is 2.09. The van der Waals surface area contributed by atoms with E-state index < -0.39 is 0 Å². The highest BCUT2D eigenvalue weighted by atomic mass is 32.2. The zero-order valence-electron chi connectivity index (χ0n) is 17.1. The molecule has 0 bridgehead atoms. The summed E-state index contributed by atoms with van der Waals surface area (Å²) < 4.78 is 6.84. The lowest BCUT2D eigenvalue weighted by molar-refractivity contribution is 0.414. The standard InChI is InChI=1S/C20H21N9OS/c1-3-13-6-4-5-7-16(13)22-19-24-17(23-18(21)25-19)12-31-20-26-27-28-29(20)14-8-10-15(30-2)11-9-14/h4-11H,3,12H2,1-2H3,(H3,21,22,23,24,25). The molecule has 0 aliphatic rings. The normalized spacial score (nSPS) is 10.8. The third kappa shape index (κ3) is 4.89. The first-order valence-electron chi connectivity index (χ1n) is 9.57. The van der Waals surface area contributed by atoms with Crippen molar-refractivity contribution < 1.29 is 4.74 Å². The summed E-state index contributed by atoms with van der Waals surface area (Å²) in [5, 5.41) is 15.8. The van der Waals surface area contributed by atoms with E-state index in [9.17, 15) is 0 Å². The zero-order valence-corrected chi connectivity index (χ0v) is 17.9. The summed E-state index contributed by atoms with van der Waals surface area (Å²) in [7, 11) is 1.62. The molecule has 10 nitrogen and oxygen atoms in total. The van der Waals surface area contributed by atoms with Gasteiger partial charge in [0.1, 0.15) is 11.6 Å². The number of rotatable bonds is 8. The number of nitrogens with zero attached hydrogens (tertiary/aromatic N) is 7. The Morgan fingerprint density at radius 1 is 1.06 bits per heavy atom. The molecule has 31 heavy (non-hydrogen) atoms. The van der Waals surface area contributed by atoms with Crippen molar-refractivity contribution in [3.8, 4) is 11.4 Å². The van der Waals surface area contributed by atoms with Gasteiger partial charge in [0.05, 0.1) is 18.6 Å². The topological polar surface area (TPSA) is 130 Å². The van der Waals surface area contributed by atoms with E-state index in [-0.39, 0.29) is 5.95 Å². The van der Waals surface area contributed by atoms with Crippen molar-refractivity contribution in [1.82, 2.24) is 35.2 Å². The van der Waals surface area contributed by atoms with Gasteiger partial charge in [-0.05, 0) is 52.7 Å². The second kappa shape index (κ2) is 9.39. The van der Waals surface area contributed by atoms with Crippen LogP contribution in [-0.2, 0) is 12.2 Å². The highest BCUT2D eigenvalue weighted by Gasteiger charge is 2.12. The summed E-state index contributed by atoms with van der Waals surface area (Å²) in [4.78, 5) is 13.0. The Kier molecular flexibility index (Phi) is 6.22. The molecule has 0 atom stereocenters. The van der Waals surface area contributed by atoms with Crippen LogP contribution >= 0.6 is 11.8 Å². The fourth-order valence-electron chi connectivity index (χ4n) is 2.91. The Morgan fingerprint density at radius 2 is 1.87 bits per heavy atom. The minimum absolute atomic E-state index is 0.150. The van der Waals surface area contributed by atoms with Crippen LogP contribution in [0.1, 0.15) is 18.3 Å². The number of tetrazole rings is 1. The van der Waals surface area contributed by atoms with Gasteiger partial charge in [-0.2, -0.15) is 19.6 Å². The van der Waals surface area contributed by atoms with Crippen LogP contribution in [0.2, 0.25) is 0 Å². The molecular weight excluding hydrogens is 414 g/mol. The summed E-state index contributed by atoms with van der Waals surface area (Å²) >= 11 is 1.40. The maximum Gasteiger partial charge on any atom is 0.232 e. The van der Waals surface area contributed by atoms with Gasteiger partial charge in [-0.15, -0.1) is 5.10 Å². The van der Waals surface area contributed by atoms with Crippen LogP contribution < -0.4 is 15.8 Å². The van der Waals surface area contributed by atoms with Crippen LogP contribution in [0.25, 0.3) is 5.69 Å². The number of para-hydroxylation sites is 1. The van der Waals surface area contributed by atoms with E-state index in [1.807, 2.05) is 42.5 Å². The average molecular weight is 436 g/mol. The molecule has 0 amide bonds. The van der Waals surface area contributed by atoms with Gasteiger partial charge in [-0.3, -0.25) is 0 Å². The molecule has 0 saturated heterocycles. The molecule has 2 heterocycles. The van der Waals surface area contributed by atoms with E-state index in [2.05, 4.69) is 48.8 Å². The van der Waals surface area contributed by atoms with Gasteiger partial charge in [-0.25, -0.2) is 0 Å². The monoisotopic (exact) mass is 435 g/mol. The fourth-order valence-corrected chi connectivity index (χ4v) is 3.66. The maximum atomic E-state index is 5.91. The van der Waals surface area contributed by atoms with E-state index in [1.54, 1.807) is 11.8 Å². The highest BCUT2D eigenvalue weighted by Crippen LogP contribution is 2.24. The second-order valence-electron chi connectivity index (χ2n) is 6.43. The Bertz CT molecular complexity index is 1160. The number of aromatic nitrogens is 7.